The summed E-state index contributed by atoms with van der Waals surface area (Å²) in [6, 6.07) is 8.50. The molecule has 176 valence electrons. The molecule has 0 atom stereocenters. The first kappa shape index (κ1) is 24.5. The molecule has 0 radical (unpaired) electrons. The Morgan fingerprint density at radius 3 is 2.12 bits per heavy atom. The topological polar surface area (TPSA) is 71.9 Å². The highest BCUT2D eigenvalue weighted by atomic mass is 32.2. The molecule has 0 bridgehead atoms. The van der Waals surface area contributed by atoms with Crippen molar-refractivity contribution in [3.8, 4) is 5.75 Å². The van der Waals surface area contributed by atoms with E-state index in [1.54, 1.807) is 24.3 Å². The van der Waals surface area contributed by atoms with Gasteiger partial charge in [-0.2, -0.15) is 4.31 Å². The van der Waals surface area contributed by atoms with E-state index in [-0.39, 0.29) is 16.2 Å². The molecule has 1 fully saturated rings. The lowest BCUT2D eigenvalue weighted by Crippen LogP contribution is -2.49. The summed E-state index contributed by atoms with van der Waals surface area (Å²) in [6.07, 6.45) is 0. The van der Waals surface area contributed by atoms with E-state index in [2.05, 4.69) is 25.3 Å². The minimum absolute atomic E-state index is 0.0800. The molecule has 1 aromatic carbocycles. The molecule has 0 aliphatic carbocycles. The third-order valence-corrected chi connectivity index (χ3v) is 7.79. The van der Waals surface area contributed by atoms with Crippen LogP contribution in [0.5, 0.6) is 5.75 Å². The van der Waals surface area contributed by atoms with Gasteiger partial charge in [0.05, 0.1) is 18.0 Å². The van der Waals surface area contributed by atoms with Crippen LogP contribution in [0.3, 0.4) is 0 Å². The third-order valence-electron chi connectivity index (χ3n) is 5.87. The summed E-state index contributed by atoms with van der Waals surface area (Å²) in [5.41, 5.74) is 2.72. The fourth-order valence-electron chi connectivity index (χ4n) is 4.52. The van der Waals surface area contributed by atoms with E-state index in [0.29, 0.717) is 45.1 Å². The van der Waals surface area contributed by atoms with E-state index in [9.17, 15) is 13.2 Å². The van der Waals surface area contributed by atoms with Gasteiger partial charge in [-0.15, -0.1) is 0 Å². The van der Waals surface area contributed by atoms with Crippen LogP contribution >= 0.6 is 0 Å². The van der Waals surface area contributed by atoms with Gasteiger partial charge in [0.25, 0.3) is 0 Å². The Hall–Kier alpha value is -2.16. The summed E-state index contributed by atoms with van der Waals surface area (Å²) in [6.45, 7) is 14.9. The number of piperazine rings is 1. The largest absolute Gasteiger partial charge is 0.494 e. The van der Waals surface area contributed by atoms with Gasteiger partial charge >= 0.3 is 0 Å². The quantitative estimate of drug-likeness (QED) is 0.591. The SMILES string of the molecule is CCOc1ccc(S(=O)(=O)N2CCN(CC(=O)c3cc(C)n(C(C)(C)C)c3C)CC2)cc1. The Morgan fingerprint density at radius 2 is 1.62 bits per heavy atom. The molecule has 32 heavy (non-hydrogen) atoms. The Balaban J connectivity index is 1.63. The summed E-state index contributed by atoms with van der Waals surface area (Å²) in [7, 11) is -3.56. The predicted molar refractivity (Wildman–Crippen MR) is 126 cm³/mol. The zero-order valence-corrected chi connectivity index (χ0v) is 20.8. The minimum atomic E-state index is -3.56. The van der Waals surface area contributed by atoms with Gasteiger partial charge in [0, 0.05) is 48.7 Å². The van der Waals surface area contributed by atoms with Crippen LogP contribution in [-0.4, -0.2) is 67.3 Å². The van der Waals surface area contributed by atoms with Gasteiger partial charge in [0.15, 0.2) is 5.78 Å². The lowest BCUT2D eigenvalue weighted by atomic mass is 10.1. The van der Waals surface area contributed by atoms with Crippen LogP contribution in [0.4, 0.5) is 0 Å². The fourth-order valence-corrected chi connectivity index (χ4v) is 5.94. The Labute approximate surface area is 192 Å². The smallest absolute Gasteiger partial charge is 0.243 e. The summed E-state index contributed by atoms with van der Waals surface area (Å²) in [4.78, 5) is 15.3. The van der Waals surface area contributed by atoms with Crippen molar-refractivity contribution in [3.63, 3.8) is 0 Å². The number of aromatic nitrogens is 1. The molecular formula is C24H35N3O4S. The lowest BCUT2D eigenvalue weighted by Gasteiger charge is -2.33. The monoisotopic (exact) mass is 461 g/mol. The third kappa shape index (κ3) is 5.08. The number of sulfonamides is 1. The van der Waals surface area contributed by atoms with E-state index in [4.69, 9.17) is 4.74 Å². The second-order valence-corrected chi connectivity index (χ2v) is 11.2. The Bertz CT molecular complexity index is 1060. The number of ether oxygens (including phenoxy) is 1. The number of aryl methyl sites for hydroxylation is 1. The van der Waals surface area contributed by atoms with Crippen molar-refractivity contribution < 1.29 is 17.9 Å². The van der Waals surface area contributed by atoms with Crippen molar-refractivity contribution in [2.45, 2.75) is 52.0 Å². The Morgan fingerprint density at radius 1 is 1.03 bits per heavy atom. The van der Waals surface area contributed by atoms with Gasteiger partial charge in [0.2, 0.25) is 10.0 Å². The number of benzene rings is 1. The number of ketones is 1. The van der Waals surface area contributed by atoms with Crippen LogP contribution in [0.15, 0.2) is 35.2 Å². The average Bonchev–Trinajstić information content (AvgIpc) is 3.03. The van der Waals surface area contributed by atoms with Gasteiger partial charge in [-0.05, 0) is 71.9 Å². The van der Waals surface area contributed by atoms with Gasteiger partial charge in [-0.3, -0.25) is 9.69 Å². The number of hydrogen-bond acceptors (Lipinski definition) is 5. The molecule has 1 aliphatic heterocycles. The average molecular weight is 462 g/mol. The first-order valence-corrected chi connectivity index (χ1v) is 12.6. The van der Waals surface area contributed by atoms with Crippen molar-refractivity contribution in [1.82, 2.24) is 13.8 Å². The van der Waals surface area contributed by atoms with Crippen LogP contribution in [0.2, 0.25) is 0 Å². The van der Waals surface area contributed by atoms with Crippen LogP contribution in [0, 0.1) is 13.8 Å². The summed E-state index contributed by atoms with van der Waals surface area (Å²) in [5, 5.41) is 0. The molecule has 0 N–H and O–H groups in total. The van der Waals surface area contributed by atoms with Crippen LogP contribution in [0.1, 0.15) is 49.4 Å². The van der Waals surface area contributed by atoms with E-state index in [0.717, 1.165) is 17.0 Å². The molecule has 0 saturated carbocycles. The molecule has 0 unspecified atom stereocenters. The van der Waals surface area contributed by atoms with Crippen molar-refractivity contribution in [1.29, 1.82) is 0 Å². The van der Waals surface area contributed by atoms with Crippen molar-refractivity contribution in [2.75, 3.05) is 39.3 Å². The number of hydrogen-bond donors (Lipinski definition) is 0. The Kier molecular flexibility index (Phi) is 7.17. The number of nitrogens with zero attached hydrogens (tertiary/aromatic N) is 3. The van der Waals surface area contributed by atoms with Crippen molar-refractivity contribution in [3.05, 3.63) is 47.3 Å². The summed E-state index contributed by atoms with van der Waals surface area (Å²) >= 11 is 0. The molecule has 1 saturated heterocycles. The number of carbonyl (C=O) groups excluding carboxylic acids is 1. The van der Waals surface area contributed by atoms with Crippen LogP contribution < -0.4 is 4.74 Å². The van der Waals surface area contributed by atoms with Crippen molar-refractivity contribution >= 4 is 15.8 Å². The van der Waals surface area contributed by atoms with E-state index >= 15 is 0 Å². The number of Topliss-reactive ketones (excluding diaryl/α,β-unsaturated/α-hetero) is 1. The summed E-state index contributed by atoms with van der Waals surface area (Å²) < 4.78 is 35.0. The van der Waals surface area contributed by atoms with Gasteiger partial charge in [-0.1, -0.05) is 0 Å². The normalized spacial score (nSPS) is 16.3. The zero-order chi connectivity index (χ0) is 23.7. The molecule has 7 nitrogen and oxygen atoms in total. The fraction of sp³-hybridized carbons (Fsp3) is 0.542. The first-order chi connectivity index (χ1) is 14.9. The molecule has 0 amide bonds. The predicted octanol–water partition coefficient (Wildman–Crippen LogP) is 3.45. The zero-order valence-electron chi connectivity index (χ0n) is 20.0. The molecule has 0 spiro atoms. The second kappa shape index (κ2) is 9.37. The number of rotatable bonds is 7. The van der Waals surface area contributed by atoms with Gasteiger partial charge in [-0.25, -0.2) is 8.42 Å². The molecule has 1 aromatic heterocycles. The maximum Gasteiger partial charge on any atom is 0.243 e. The molecule has 3 rings (SSSR count). The maximum atomic E-state index is 13.0. The highest BCUT2D eigenvalue weighted by molar-refractivity contribution is 7.89. The lowest BCUT2D eigenvalue weighted by molar-refractivity contribution is 0.0901. The first-order valence-electron chi connectivity index (χ1n) is 11.1. The van der Waals surface area contributed by atoms with E-state index in [1.807, 2.05) is 31.7 Å². The second-order valence-electron chi connectivity index (χ2n) is 9.30. The highest BCUT2D eigenvalue weighted by Gasteiger charge is 2.30. The van der Waals surface area contributed by atoms with Crippen LogP contribution in [-0.2, 0) is 15.6 Å². The molecule has 2 heterocycles. The van der Waals surface area contributed by atoms with E-state index in [1.165, 1.54) is 4.31 Å². The van der Waals surface area contributed by atoms with Crippen molar-refractivity contribution in [2.24, 2.45) is 0 Å². The highest BCUT2D eigenvalue weighted by Crippen LogP contribution is 2.25. The van der Waals surface area contributed by atoms with Gasteiger partial charge in [0.1, 0.15) is 5.75 Å². The van der Waals surface area contributed by atoms with E-state index < -0.39 is 10.0 Å². The van der Waals surface area contributed by atoms with Gasteiger partial charge < -0.3 is 9.30 Å². The maximum absolute atomic E-state index is 13.0. The minimum Gasteiger partial charge on any atom is -0.494 e. The standard InChI is InChI=1S/C24H35N3O4S/c1-7-31-20-8-10-21(11-9-20)32(29,30)26-14-12-25(13-15-26)17-23(28)22-16-18(2)27(19(22)3)24(4,5)6/h8-11,16H,7,12-15,17H2,1-6H3. The molecule has 8 heteroatoms. The molecule has 2 aromatic rings. The molecular weight excluding hydrogens is 426 g/mol. The molecule has 1 aliphatic rings. The van der Waals surface area contributed by atoms with Crippen LogP contribution in [0.25, 0.3) is 0 Å². The number of carbonyl (C=O) groups is 1. The summed E-state index contributed by atoms with van der Waals surface area (Å²) in [5.74, 6) is 0.733.